The Morgan fingerprint density at radius 3 is 2.55 bits per heavy atom. The summed E-state index contributed by atoms with van der Waals surface area (Å²) in [6.45, 7) is 2.72. The highest BCUT2D eigenvalue weighted by Gasteiger charge is 2.30. The highest BCUT2D eigenvalue weighted by molar-refractivity contribution is 7.12. The fraction of sp³-hybridized carbons (Fsp3) is 0.320. The number of anilines is 1. The van der Waals surface area contributed by atoms with E-state index >= 15 is 0 Å². The molecule has 1 saturated heterocycles. The number of methoxy groups -OCH3 is 2. The van der Waals surface area contributed by atoms with Crippen molar-refractivity contribution < 1.29 is 14.3 Å². The number of piperidine rings is 1. The van der Waals surface area contributed by atoms with Gasteiger partial charge in [-0.2, -0.15) is 0 Å². The van der Waals surface area contributed by atoms with Gasteiger partial charge >= 0.3 is 0 Å². The SMILES string of the molecule is COc1cccc(N(C(=O)c2cccs2)C2CCN(Cc3ccccc3OC)CC2)c1. The Bertz CT molecular complexity index is 998. The van der Waals surface area contributed by atoms with Crippen LogP contribution < -0.4 is 14.4 Å². The lowest BCUT2D eigenvalue weighted by molar-refractivity contribution is 0.0962. The molecule has 6 heteroatoms. The summed E-state index contributed by atoms with van der Waals surface area (Å²) in [6, 6.07) is 19.9. The van der Waals surface area contributed by atoms with Crippen molar-refractivity contribution in [3.63, 3.8) is 0 Å². The summed E-state index contributed by atoms with van der Waals surface area (Å²) in [6.07, 6.45) is 1.84. The number of nitrogens with zero attached hydrogens (tertiary/aromatic N) is 2. The number of rotatable bonds is 7. The van der Waals surface area contributed by atoms with E-state index < -0.39 is 0 Å². The van der Waals surface area contributed by atoms with Gasteiger partial charge in [-0.3, -0.25) is 9.69 Å². The minimum atomic E-state index is 0.0615. The first kappa shape index (κ1) is 21.4. The summed E-state index contributed by atoms with van der Waals surface area (Å²) in [4.78, 5) is 18.6. The maximum Gasteiger partial charge on any atom is 0.268 e. The van der Waals surface area contributed by atoms with Crippen LogP contribution in [0.1, 0.15) is 28.1 Å². The van der Waals surface area contributed by atoms with Gasteiger partial charge in [0, 0.05) is 43.0 Å². The van der Waals surface area contributed by atoms with E-state index in [1.807, 2.05) is 58.8 Å². The molecule has 31 heavy (non-hydrogen) atoms. The number of carbonyl (C=O) groups excluding carboxylic acids is 1. The quantitative estimate of drug-likeness (QED) is 0.518. The summed E-state index contributed by atoms with van der Waals surface area (Å²) in [5.74, 6) is 1.75. The van der Waals surface area contributed by atoms with E-state index in [-0.39, 0.29) is 11.9 Å². The Morgan fingerprint density at radius 2 is 1.84 bits per heavy atom. The summed E-state index contributed by atoms with van der Waals surface area (Å²) in [5, 5.41) is 1.95. The number of hydrogen-bond acceptors (Lipinski definition) is 5. The number of hydrogen-bond donors (Lipinski definition) is 0. The van der Waals surface area contributed by atoms with Gasteiger partial charge in [-0.25, -0.2) is 0 Å². The van der Waals surface area contributed by atoms with Crippen LogP contribution in [0.5, 0.6) is 11.5 Å². The highest BCUT2D eigenvalue weighted by Crippen LogP contribution is 2.30. The van der Waals surface area contributed by atoms with Crippen molar-refractivity contribution in [2.45, 2.75) is 25.4 Å². The van der Waals surface area contributed by atoms with Crippen molar-refractivity contribution in [1.82, 2.24) is 4.90 Å². The van der Waals surface area contributed by atoms with Crippen LogP contribution in [0.2, 0.25) is 0 Å². The van der Waals surface area contributed by atoms with Gasteiger partial charge in [-0.15, -0.1) is 11.3 Å². The van der Waals surface area contributed by atoms with Gasteiger partial charge < -0.3 is 14.4 Å². The Kier molecular flexibility index (Phi) is 6.89. The zero-order valence-electron chi connectivity index (χ0n) is 18.0. The zero-order valence-corrected chi connectivity index (χ0v) is 18.8. The van der Waals surface area contributed by atoms with Crippen LogP contribution in [0.3, 0.4) is 0 Å². The second-order valence-corrected chi connectivity index (χ2v) is 8.62. The molecule has 0 spiro atoms. The van der Waals surface area contributed by atoms with Crippen LogP contribution >= 0.6 is 11.3 Å². The lowest BCUT2D eigenvalue weighted by Gasteiger charge is -2.38. The van der Waals surface area contributed by atoms with Gasteiger partial charge in [0.15, 0.2) is 0 Å². The average molecular weight is 437 g/mol. The van der Waals surface area contributed by atoms with Crippen LogP contribution in [-0.4, -0.2) is 44.2 Å². The van der Waals surface area contributed by atoms with Crippen LogP contribution in [-0.2, 0) is 6.54 Å². The molecule has 162 valence electrons. The molecule has 0 unspecified atom stereocenters. The Hall–Kier alpha value is -2.83. The highest BCUT2D eigenvalue weighted by atomic mass is 32.1. The normalized spacial score (nSPS) is 14.9. The van der Waals surface area contributed by atoms with Crippen LogP contribution in [0, 0.1) is 0 Å². The predicted molar refractivity (Wildman–Crippen MR) is 125 cm³/mol. The summed E-state index contributed by atoms with van der Waals surface area (Å²) < 4.78 is 10.9. The third-order valence-corrected chi connectivity index (χ3v) is 6.65. The van der Waals surface area contributed by atoms with Gasteiger partial charge in [-0.05, 0) is 42.5 Å². The van der Waals surface area contributed by atoms with Crippen molar-refractivity contribution in [2.24, 2.45) is 0 Å². The molecule has 1 aromatic heterocycles. The maximum atomic E-state index is 13.4. The summed E-state index contributed by atoms with van der Waals surface area (Å²) >= 11 is 1.49. The largest absolute Gasteiger partial charge is 0.497 e. The molecule has 0 radical (unpaired) electrons. The fourth-order valence-corrected chi connectivity index (χ4v) is 4.84. The van der Waals surface area contributed by atoms with Crippen molar-refractivity contribution in [2.75, 3.05) is 32.2 Å². The second kappa shape index (κ2) is 9.98. The fourth-order valence-electron chi connectivity index (χ4n) is 4.18. The van der Waals surface area contributed by atoms with Gasteiger partial charge in [-0.1, -0.05) is 30.3 Å². The lowest BCUT2D eigenvalue weighted by atomic mass is 10.0. The van der Waals surface area contributed by atoms with E-state index in [0.717, 1.165) is 54.5 Å². The molecule has 3 aromatic rings. The third-order valence-electron chi connectivity index (χ3n) is 5.79. The van der Waals surface area contributed by atoms with Crippen molar-refractivity contribution >= 4 is 22.9 Å². The summed E-state index contributed by atoms with van der Waals surface area (Å²) in [5.41, 5.74) is 2.09. The topological polar surface area (TPSA) is 42.0 Å². The first-order valence-electron chi connectivity index (χ1n) is 10.5. The zero-order chi connectivity index (χ0) is 21.6. The molecule has 1 aliphatic rings. The van der Waals surface area contributed by atoms with Crippen LogP contribution in [0.4, 0.5) is 5.69 Å². The number of amides is 1. The van der Waals surface area contributed by atoms with Crippen molar-refractivity contribution in [3.05, 3.63) is 76.5 Å². The molecule has 0 aliphatic carbocycles. The number of carbonyl (C=O) groups is 1. The first-order chi connectivity index (χ1) is 15.2. The first-order valence-corrected chi connectivity index (χ1v) is 11.4. The number of thiophene rings is 1. The van der Waals surface area contributed by atoms with Gasteiger partial charge in [0.25, 0.3) is 5.91 Å². The molecule has 1 aliphatic heterocycles. The average Bonchev–Trinajstić information content (AvgIpc) is 3.36. The lowest BCUT2D eigenvalue weighted by Crippen LogP contribution is -2.47. The Labute approximate surface area is 187 Å². The maximum absolute atomic E-state index is 13.4. The monoisotopic (exact) mass is 436 g/mol. The molecular formula is C25H28N2O3S. The minimum Gasteiger partial charge on any atom is -0.497 e. The smallest absolute Gasteiger partial charge is 0.268 e. The number of benzene rings is 2. The second-order valence-electron chi connectivity index (χ2n) is 7.67. The van der Waals surface area contributed by atoms with E-state index in [2.05, 4.69) is 17.0 Å². The van der Waals surface area contributed by atoms with Crippen LogP contribution in [0.15, 0.2) is 66.0 Å². The third kappa shape index (κ3) is 4.92. The molecule has 0 N–H and O–H groups in total. The molecule has 5 nitrogen and oxygen atoms in total. The Balaban J connectivity index is 1.51. The molecule has 2 aromatic carbocycles. The number of likely N-dealkylation sites (tertiary alicyclic amines) is 1. The summed E-state index contributed by atoms with van der Waals surface area (Å²) in [7, 11) is 3.37. The molecule has 1 amide bonds. The molecule has 0 saturated carbocycles. The van der Waals surface area contributed by atoms with E-state index in [0.29, 0.717) is 0 Å². The molecule has 1 fully saturated rings. The molecule has 2 heterocycles. The van der Waals surface area contributed by atoms with E-state index in [9.17, 15) is 4.79 Å². The van der Waals surface area contributed by atoms with Gasteiger partial charge in [0.05, 0.1) is 19.1 Å². The van der Waals surface area contributed by atoms with E-state index in [1.54, 1.807) is 14.2 Å². The minimum absolute atomic E-state index is 0.0615. The van der Waals surface area contributed by atoms with Gasteiger partial charge in [0.1, 0.15) is 11.5 Å². The standard InChI is InChI=1S/C25H28N2O3S/c1-29-22-9-5-8-21(17-22)27(25(28)24-11-6-16-31-24)20-12-14-26(15-13-20)18-19-7-3-4-10-23(19)30-2/h3-11,16-17,20H,12-15,18H2,1-2H3. The van der Waals surface area contributed by atoms with Crippen molar-refractivity contribution in [1.29, 1.82) is 0 Å². The molecule has 0 atom stereocenters. The Morgan fingerprint density at radius 1 is 1.03 bits per heavy atom. The predicted octanol–water partition coefficient (Wildman–Crippen LogP) is 5.08. The van der Waals surface area contributed by atoms with Crippen molar-refractivity contribution in [3.8, 4) is 11.5 Å². The van der Waals surface area contributed by atoms with Crippen LogP contribution in [0.25, 0.3) is 0 Å². The molecule has 4 rings (SSSR count). The van der Waals surface area contributed by atoms with Gasteiger partial charge in [0.2, 0.25) is 0 Å². The van der Waals surface area contributed by atoms with E-state index in [1.165, 1.54) is 16.9 Å². The number of para-hydroxylation sites is 1. The molecular weight excluding hydrogens is 408 g/mol. The number of ether oxygens (including phenoxy) is 2. The molecule has 0 bridgehead atoms. The van der Waals surface area contributed by atoms with E-state index in [4.69, 9.17) is 9.47 Å².